The number of aromatic nitrogens is 2. The molecule has 0 amide bonds. The van der Waals surface area contributed by atoms with Gasteiger partial charge in [-0.1, -0.05) is 0 Å². The summed E-state index contributed by atoms with van der Waals surface area (Å²) in [4.78, 5) is 19.9. The summed E-state index contributed by atoms with van der Waals surface area (Å²) < 4.78 is 0. The van der Waals surface area contributed by atoms with E-state index >= 15 is 0 Å². The van der Waals surface area contributed by atoms with Crippen molar-refractivity contribution in [1.82, 2.24) is 9.97 Å². The number of anilines is 1. The molecule has 1 aliphatic carbocycles. The van der Waals surface area contributed by atoms with E-state index in [0.717, 1.165) is 12.5 Å². The van der Waals surface area contributed by atoms with Crippen LogP contribution in [0, 0.1) is 5.92 Å². The fourth-order valence-electron chi connectivity index (χ4n) is 1.39. The van der Waals surface area contributed by atoms with E-state index in [2.05, 4.69) is 9.97 Å². The van der Waals surface area contributed by atoms with Gasteiger partial charge in [-0.05, 0) is 18.8 Å². The summed E-state index contributed by atoms with van der Waals surface area (Å²) in [6.07, 6.45) is 5.74. The van der Waals surface area contributed by atoms with Gasteiger partial charge in [-0.3, -0.25) is 4.79 Å². The quantitative estimate of drug-likeness (QED) is 0.739. The summed E-state index contributed by atoms with van der Waals surface area (Å²) in [5, 5.41) is 0. The molecule has 0 radical (unpaired) electrons. The van der Waals surface area contributed by atoms with Gasteiger partial charge in [0.2, 0.25) is 0 Å². The normalized spacial score (nSPS) is 15.8. The first-order chi connectivity index (χ1) is 6.27. The highest BCUT2D eigenvalue weighted by Gasteiger charge is 2.23. The predicted molar refractivity (Wildman–Crippen MR) is 50.9 cm³/mol. The minimum Gasteiger partial charge on any atom is -0.355 e. The van der Waals surface area contributed by atoms with E-state index in [0.29, 0.717) is 5.82 Å². The summed E-state index contributed by atoms with van der Waals surface area (Å²) in [7, 11) is 1.91. The first-order valence-corrected chi connectivity index (χ1v) is 4.52. The maximum absolute atomic E-state index is 11.3. The molecular formula is C9H13N3O. The lowest BCUT2D eigenvalue weighted by atomic mass is 10.4. The molecule has 1 heterocycles. The molecule has 13 heavy (non-hydrogen) atoms. The Morgan fingerprint density at radius 1 is 1.69 bits per heavy atom. The van der Waals surface area contributed by atoms with Gasteiger partial charge in [-0.2, -0.15) is 0 Å². The zero-order chi connectivity index (χ0) is 9.26. The Balaban J connectivity index is 2.13. The second-order valence-corrected chi connectivity index (χ2v) is 3.57. The Morgan fingerprint density at radius 3 is 3.08 bits per heavy atom. The van der Waals surface area contributed by atoms with Crippen LogP contribution in [0.15, 0.2) is 17.2 Å². The molecule has 0 aliphatic heterocycles. The number of hydrogen-bond acceptors (Lipinski definition) is 3. The van der Waals surface area contributed by atoms with Crippen LogP contribution in [0.2, 0.25) is 0 Å². The van der Waals surface area contributed by atoms with Crippen LogP contribution in [0.4, 0.5) is 5.82 Å². The molecule has 2 rings (SSSR count). The fourth-order valence-corrected chi connectivity index (χ4v) is 1.39. The van der Waals surface area contributed by atoms with Gasteiger partial charge >= 0.3 is 0 Å². The maximum Gasteiger partial charge on any atom is 0.290 e. The van der Waals surface area contributed by atoms with Crippen LogP contribution >= 0.6 is 0 Å². The molecule has 0 spiro atoms. The molecule has 1 N–H and O–H groups in total. The van der Waals surface area contributed by atoms with Crippen molar-refractivity contribution in [2.24, 2.45) is 5.92 Å². The van der Waals surface area contributed by atoms with Gasteiger partial charge in [0, 0.05) is 26.0 Å². The average molecular weight is 179 g/mol. The first-order valence-electron chi connectivity index (χ1n) is 4.52. The molecule has 1 aliphatic rings. The molecule has 0 bridgehead atoms. The molecule has 4 nitrogen and oxygen atoms in total. The largest absolute Gasteiger partial charge is 0.355 e. The topological polar surface area (TPSA) is 49.0 Å². The van der Waals surface area contributed by atoms with Gasteiger partial charge in [-0.25, -0.2) is 4.98 Å². The van der Waals surface area contributed by atoms with Crippen LogP contribution < -0.4 is 10.5 Å². The molecule has 1 aromatic heterocycles. The van der Waals surface area contributed by atoms with Crippen molar-refractivity contribution >= 4 is 5.82 Å². The van der Waals surface area contributed by atoms with Crippen molar-refractivity contribution < 1.29 is 0 Å². The van der Waals surface area contributed by atoms with E-state index < -0.39 is 0 Å². The minimum absolute atomic E-state index is 0.106. The van der Waals surface area contributed by atoms with E-state index in [9.17, 15) is 4.79 Å². The van der Waals surface area contributed by atoms with Gasteiger partial charge in [0.1, 0.15) is 0 Å². The van der Waals surface area contributed by atoms with E-state index in [1.807, 2.05) is 11.9 Å². The molecule has 0 aromatic carbocycles. The molecule has 1 saturated carbocycles. The number of nitrogens with zero attached hydrogens (tertiary/aromatic N) is 2. The predicted octanol–water partition coefficient (Wildman–Crippen LogP) is 0.616. The number of rotatable bonds is 3. The molecule has 1 aromatic rings. The van der Waals surface area contributed by atoms with Crippen molar-refractivity contribution in [3.63, 3.8) is 0 Å². The molecule has 0 unspecified atom stereocenters. The molecule has 0 atom stereocenters. The van der Waals surface area contributed by atoms with Crippen LogP contribution in [0.1, 0.15) is 12.8 Å². The number of hydrogen-bond donors (Lipinski definition) is 1. The van der Waals surface area contributed by atoms with E-state index in [-0.39, 0.29) is 5.56 Å². The molecular weight excluding hydrogens is 166 g/mol. The van der Waals surface area contributed by atoms with E-state index in [1.54, 1.807) is 12.4 Å². The lowest BCUT2D eigenvalue weighted by Gasteiger charge is -2.15. The standard InChI is InChI=1S/C9H13N3O/c1-12(6-7-2-3-7)8-9(13)11-5-4-10-8/h4-5,7H,2-3,6H2,1H3,(H,11,13). The Labute approximate surface area is 76.6 Å². The van der Waals surface area contributed by atoms with Gasteiger partial charge in [-0.15, -0.1) is 0 Å². The molecule has 4 heteroatoms. The number of H-pyrrole nitrogens is 1. The fraction of sp³-hybridized carbons (Fsp3) is 0.556. The van der Waals surface area contributed by atoms with Crippen LogP contribution in [0.5, 0.6) is 0 Å². The van der Waals surface area contributed by atoms with Crippen LogP contribution in [-0.4, -0.2) is 23.6 Å². The number of nitrogens with one attached hydrogen (secondary N) is 1. The highest BCUT2D eigenvalue weighted by molar-refractivity contribution is 5.33. The molecule has 1 fully saturated rings. The Morgan fingerprint density at radius 2 is 2.46 bits per heavy atom. The zero-order valence-corrected chi connectivity index (χ0v) is 7.66. The third-order valence-corrected chi connectivity index (χ3v) is 2.28. The summed E-state index contributed by atoms with van der Waals surface area (Å²) in [5.74, 6) is 1.29. The summed E-state index contributed by atoms with van der Waals surface area (Å²) >= 11 is 0. The van der Waals surface area contributed by atoms with Crippen molar-refractivity contribution in [3.05, 3.63) is 22.7 Å². The van der Waals surface area contributed by atoms with Crippen LogP contribution in [-0.2, 0) is 0 Å². The summed E-state index contributed by atoms with van der Waals surface area (Å²) in [6, 6.07) is 0. The molecule has 70 valence electrons. The van der Waals surface area contributed by atoms with Crippen LogP contribution in [0.3, 0.4) is 0 Å². The van der Waals surface area contributed by atoms with Crippen molar-refractivity contribution in [1.29, 1.82) is 0 Å². The SMILES string of the molecule is CN(CC1CC1)c1ncc[nH]c1=O. The highest BCUT2D eigenvalue weighted by Crippen LogP contribution is 2.29. The van der Waals surface area contributed by atoms with Crippen molar-refractivity contribution in [2.45, 2.75) is 12.8 Å². The maximum atomic E-state index is 11.3. The van der Waals surface area contributed by atoms with Crippen molar-refractivity contribution in [3.8, 4) is 0 Å². The second kappa shape index (κ2) is 3.20. The lowest BCUT2D eigenvalue weighted by Crippen LogP contribution is -2.27. The zero-order valence-electron chi connectivity index (χ0n) is 7.66. The highest BCUT2D eigenvalue weighted by atomic mass is 16.1. The van der Waals surface area contributed by atoms with E-state index in [1.165, 1.54) is 12.8 Å². The van der Waals surface area contributed by atoms with Gasteiger partial charge in [0.25, 0.3) is 5.56 Å². The third-order valence-electron chi connectivity index (χ3n) is 2.28. The smallest absolute Gasteiger partial charge is 0.290 e. The molecule has 0 saturated heterocycles. The second-order valence-electron chi connectivity index (χ2n) is 3.57. The Kier molecular flexibility index (Phi) is 2.04. The monoisotopic (exact) mass is 179 g/mol. The van der Waals surface area contributed by atoms with Gasteiger partial charge in [0.05, 0.1) is 0 Å². The summed E-state index contributed by atoms with van der Waals surface area (Å²) in [5.41, 5.74) is -0.106. The van der Waals surface area contributed by atoms with Crippen LogP contribution in [0.25, 0.3) is 0 Å². The average Bonchev–Trinajstić information content (AvgIpc) is 2.89. The van der Waals surface area contributed by atoms with Crippen molar-refractivity contribution in [2.75, 3.05) is 18.5 Å². The Bertz CT molecular complexity index is 343. The minimum atomic E-state index is -0.106. The van der Waals surface area contributed by atoms with E-state index in [4.69, 9.17) is 0 Å². The lowest BCUT2D eigenvalue weighted by molar-refractivity contribution is 0.770. The third kappa shape index (κ3) is 1.88. The first kappa shape index (κ1) is 8.29. The number of aromatic amines is 1. The Hall–Kier alpha value is -1.32. The van der Waals surface area contributed by atoms with Gasteiger partial charge < -0.3 is 9.88 Å². The summed E-state index contributed by atoms with van der Waals surface area (Å²) in [6.45, 7) is 0.945. The van der Waals surface area contributed by atoms with Gasteiger partial charge in [0.15, 0.2) is 5.82 Å².